The van der Waals surface area contributed by atoms with Crippen LogP contribution in [0.3, 0.4) is 0 Å². The molecule has 1 aromatic heterocycles. The number of imidazole rings is 1. The zero-order valence-electron chi connectivity index (χ0n) is 16.3. The normalized spacial score (nSPS) is 16.0. The van der Waals surface area contributed by atoms with Crippen molar-refractivity contribution in [2.75, 3.05) is 18.4 Å². The Morgan fingerprint density at radius 1 is 1.14 bits per heavy atom. The smallest absolute Gasteiger partial charge is 0.251 e. The lowest BCUT2D eigenvalue weighted by atomic mass is 9.95. The van der Waals surface area contributed by atoms with Crippen molar-refractivity contribution >= 4 is 28.5 Å². The molecule has 0 spiro atoms. The van der Waals surface area contributed by atoms with Gasteiger partial charge in [-0.15, -0.1) is 0 Å². The zero-order chi connectivity index (χ0) is 20.4. The highest BCUT2D eigenvalue weighted by atomic mass is 16.3. The Hall–Kier alpha value is -3.19. The molecule has 1 fully saturated rings. The number of H-pyrrole nitrogens is 1. The Bertz CT molecular complexity index is 985. The third-order valence-electron chi connectivity index (χ3n) is 5.35. The highest BCUT2D eigenvalue weighted by molar-refractivity contribution is 5.93. The van der Waals surface area contributed by atoms with Gasteiger partial charge in [0, 0.05) is 30.3 Å². The quantitative estimate of drug-likeness (QED) is 0.636. The van der Waals surface area contributed by atoms with Crippen LogP contribution >= 0.6 is 0 Å². The van der Waals surface area contributed by atoms with Gasteiger partial charge in [0.1, 0.15) is 11.9 Å². The van der Waals surface area contributed by atoms with Crippen LogP contribution < -0.4 is 5.32 Å². The number of likely N-dealkylation sites (tertiary alicyclic amines) is 1. The fourth-order valence-electron chi connectivity index (χ4n) is 3.67. The van der Waals surface area contributed by atoms with Gasteiger partial charge in [-0.1, -0.05) is 12.1 Å². The number of amides is 2. The molecule has 2 heterocycles. The third-order valence-corrected chi connectivity index (χ3v) is 5.35. The molecule has 2 amide bonds. The van der Waals surface area contributed by atoms with E-state index >= 15 is 0 Å². The van der Waals surface area contributed by atoms with Crippen LogP contribution in [0.1, 0.15) is 19.8 Å². The van der Waals surface area contributed by atoms with Crippen molar-refractivity contribution in [1.29, 1.82) is 0 Å². The second kappa shape index (κ2) is 8.05. The van der Waals surface area contributed by atoms with Crippen molar-refractivity contribution in [1.82, 2.24) is 14.9 Å². The lowest BCUT2D eigenvalue weighted by Gasteiger charge is -2.32. The lowest BCUT2D eigenvalue weighted by molar-refractivity contribution is -0.141. The molecule has 150 valence electrons. The van der Waals surface area contributed by atoms with Gasteiger partial charge in [0.15, 0.2) is 0 Å². The molecule has 0 unspecified atom stereocenters. The highest BCUT2D eigenvalue weighted by Gasteiger charge is 2.28. The molecule has 2 aromatic carbocycles. The Morgan fingerprint density at radius 2 is 1.83 bits per heavy atom. The van der Waals surface area contributed by atoms with E-state index in [1.165, 1.54) is 6.92 Å². The molecule has 1 aliphatic rings. The SMILES string of the molecule is C[C@H](O)C(=O)N1CCC(C(=O)Nc2ccc(-c3nc4ccccc4[nH]3)cc2)CC1. The summed E-state index contributed by atoms with van der Waals surface area (Å²) >= 11 is 0. The number of piperidine rings is 1. The first-order chi connectivity index (χ1) is 14.0. The van der Waals surface area contributed by atoms with Crippen LogP contribution in [0, 0.1) is 5.92 Å². The standard InChI is InChI=1S/C22H24N4O3/c1-14(27)22(29)26-12-10-16(11-13-26)21(28)23-17-8-6-15(7-9-17)20-24-18-4-2-3-5-19(18)25-20/h2-9,14,16,27H,10-13H2,1H3,(H,23,28)(H,24,25)/t14-/m0/s1. The number of anilines is 1. The summed E-state index contributed by atoms with van der Waals surface area (Å²) in [5, 5.41) is 12.4. The van der Waals surface area contributed by atoms with Gasteiger partial charge in [-0.25, -0.2) is 4.98 Å². The minimum atomic E-state index is -0.995. The molecule has 0 saturated carbocycles. The number of aromatic nitrogens is 2. The summed E-state index contributed by atoms with van der Waals surface area (Å²) in [4.78, 5) is 33.9. The fourth-order valence-corrected chi connectivity index (χ4v) is 3.67. The van der Waals surface area contributed by atoms with E-state index in [4.69, 9.17) is 0 Å². The molecule has 1 atom stereocenters. The molecule has 0 aliphatic carbocycles. The number of hydrogen-bond acceptors (Lipinski definition) is 4. The summed E-state index contributed by atoms with van der Waals surface area (Å²) < 4.78 is 0. The minimum Gasteiger partial charge on any atom is -0.384 e. The van der Waals surface area contributed by atoms with E-state index in [1.807, 2.05) is 48.5 Å². The van der Waals surface area contributed by atoms with Crippen LogP contribution in [-0.2, 0) is 9.59 Å². The minimum absolute atomic E-state index is 0.0365. The number of nitrogens with one attached hydrogen (secondary N) is 2. The lowest BCUT2D eigenvalue weighted by Crippen LogP contribution is -2.44. The zero-order valence-corrected chi connectivity index (χ0v) is 16.3. The van der Waals surface area contributed by atoms with Crippen LogP contribution in [0.5, 0.6) is 0 Å². The Morgan fingerprint density at radius 3 is 2.48 bits per heavy atom. The van der Waals surface area contributed by atoms with E-state index < -0.39 is 6.10 Å². The molecular weight excluding hydrogens is 368 g/mol. The van der Waals surface area contributed by atoms with Crippen LogP contribution in [0.25, 0.3) is 22.4 Å². The number of fused-ring (bicyclic) bond motifs is 1. The van der Waals surface area contributed by atoms with E-state index in [0.29, 0.717) is 25.9 Å². The molecule has 0 radical (unpaired) electrons. The maximum Gasteiger partial charge on any atom is 0.251 e. The number of aliphatic hydroxyl groups excluding tert-OH is 1. The molecule has 1 saturated heterocycles. The van der Waals surface area contributed by atoms with E-state index in [-0.39, 0.29) is 17.7 Å². The van der Waals surface area contributed by atoms with Crippen molar-refractivity contribution in [2.45, 2.75) is 25.9 Å². The molecule has 7 heteroatoms. The summed E-state index contributed by atoms with van der Waals surface area (Å²) in [5.41, 5.74) is 3.59. The maximum absolute atomic E-state index is 12.6. The van der Waals surface area contributed by atoms with E-state index in [0.717, 1.165) is 28.1 Å². The van der Waals surface area contributed by atoms with Crippen molar-refractivity contribution in [2.24, 2.45) is 5.92 Å². The molecule has 0 bridgehead atoms. The number of aromatic amines is 1. The monoisotopic (exact) mass is 392 g/mol. The average Bonchev–Trinajstić information content (AvgIpc) is 3.18. The van der Waals surface area contributed by atoms with Crippen molar-refractivity contribution < 1.29 is 14.7 Å². The number of aliphatic hydroxyl groups is 1. The van der Waals surface area contributed by atoms with E-state index in [2.05, 4.69) is 15.3 Å². The molecule has 3 aromatic rings. The van der Waals surface area contributed by atoms with Gasteiger partial charge < -0.3 is 20.3 Å². The van der Waals surface area contributed by atoms with Crippen LogP contribution in [0.15, 0.2) is 48.5 Å². The predicted octanol–water partition coefficient (Wildman–Crippen LogP) is 2.79. The second-order valence-corrected chi connectivity index (χ2v) is 7.44. The number of hydrogen-bond donors (Lipinski definition) is 3. The summed E-state index contributed by atoms with van der Waals surface area (Å²) in [6.45, 7) is 2.45. The van der Waals surface area contributed by atoms with Crippen molar-refractivity contribution in [3.05, 3.63) is 48.5 Å². The summed E-state index contributed by atoms with van der Waals surface area (Å²) in [6.07, 6.45) is 0.202. The number of para-hydroxylation sites is 2. The number of benzene rings is 2. The Kier molecular flexibility index (Phi) is 5.31. The molecule has 1 aliphatic heterocycles. The summed E-state index contributed by atoms with van der Waals surface area (Å²) in [6, 6.07) is 15.5. The van der Waals surface area contributed by atoms with E-state index in [9.17, 15) is 14.7 Å². The third kappa shape index (κ3) is 4.14. The number of nitrogens with zero attached hydrogens (tertiary/aromatic N) is 2. The highest BCUT2D eigenvalue weighted by Crippen LogP contribution is 2.24. The number of carbonyl (C=O) groups excluding carboxylic acids is 2. The first kappa shape index (κ1) is 19.1. The molecule has 29 heavy (non-hydrogen) atoms. The first-order valence-electron chi connectivity index (χ1n) is 9.84. The number of rotatable bonds is 4. The van der Waals surface area contributed by atoms with E-state index in [1.54, 1.807) is 4.90 Å². The Balaban J connectivity index is 1.36. The predicted molar refractivity (Wildman–Crippen MR) is 111 cm³/mol. The molecule has 7 nitrogen and oxygen atoms in total. The second-order valence-electron chi connectivity index (χ2n) is 7.44. The van der Waals surface area contributed by atoms with Crippen LogP contribution in [0.2, 0.25) is 0 Å². The van der Waals surface area contributed by atoms with Gasteiger partial charge in [0.25, 0.3) is 5.91 Å². The first-order valence-corrected chi connectivity index (χ1v) is 9.84. The number of carbonyl (C=O) groups is 2. The summed E-state index contributed by atoms with van der Waals surface area (Å²) in [7, 11) is 0. The van der Waals surface area contributed by atoms with Gasteiger partial charge in [-0.2, -0.15) is 0 Å². The van der Waals surface area contributed by atoms with Crippen molar-refractivity contribution in [3.63, 3.8) is 0 Å². The van der Waals surface area contributed by atoms with Gasteiger partial charge in [-0.3, -0.25) is 9.59 Å². The van der Waals surface area contributed by atoms with Crippen LogP contribution in [-0.4, -0.2) is 51.0 Å². The Labute approximate surface area is 168 Å². The largest absolute Gasteiger partial charge is 0.384 e. The molecule has 4 rings (SSSR count). The van der Waals surface area contributed by atoms with Gasteiger partial charge in [-0.05, 0) is 56.2 Å². The maximum atomic E-state index is 12.6. The molecule has 3 N–H and O–H groups in total. The van der Waals surface area contributed by atoms with Crippen molar-refractivity contribution in [3.8, 4) is 11.4 Å². The topological polar surface area (TPSA) is 98.3 Å². The van der Waals surface area contributed by atoms with Gasteiger partial charge in [0.05, 0.1) is 11.0 Å². The van der Waals surface area contributed by atoms with Gasteiger partial charge in [0.2, 0.25) is 5.91 Å². The fraction of sp³-hybridized carbons (Fsp3) is 0.318. The summed E-state index contributed by atoms with van der Waals surface area (Å²) in [5.74, 6) is 0.345. The van der Waals surface area contributed by atoms with Crippen LogP contribution in [0.4, 0.5) is 5.69 Å². The van der Waals surface area contributed by atoms with Gasteiger partial charge >= 0.3 is 0 Å². The molecular formula is C22H24N4O3. The average molecular weight is 392 g/mol.